The zero-order chi connectivity index (χ0) is 20.5. The highest BCUT2D eigenvalue weighted by Crippen LogP contribution is 2.14. The van der Waals surface area contributed by atoms with Gasteiger partial charge >= 0.3 is 0 Å². The lowest BCUT2D eigenvalue weighted by molar-refractivity contribution is 1.17. The summed E-state index contributed by atoms with van der Waals surface area (Å²) in [6, 6.07) is 11.6. The van der Waals surface area contributed by atoms with Crippen LogP contribution in [-0.4, -0.2) is 27.4 Å². The molecule has 0 spiro atoms. The second kappa shape index (κ2) is 10.0. The summed E-state index contributed by atoms with van der Waals surface area (Å²) in [5, 5.41) is 8.07. The maximum atomic E-state index is 8.07. The van der Waals surface area contributed by atoms with Gasteiger partial charge in [0, 0.05) is 24.3 Å². The molecule has 0 aliphatic rings. The van der Waals surface area contributed by atoms with Crippen molar-refractivity contribution in [1.82, 2.24) is 15.0 Å². The minimum Gasteiger partial charge on any atom is -0.299 e. The Bertz CT molecular complexity index is 932. The van der Waals surface area contributed by atoms with Crippen LogP contribution in [0.1, 0.15) is 33.8 Å². The Morgan fingerprint density at radius 3 is 1.68 bits per heavy atom. The SMILES string of the molecule is C=N/C(=C\C(=N)c1ccc(C)cn1)c1ccc(C)cn1.Cc1ccc(C)nc1. The molecule has 0 radical (unpaired) electrons. The van der Waals surface area contributed by atoms with Crippen molar-refractivity contribution in [3.63, 3.8) is 0 Å². The van der Waals surface area contributed by atoms with Crippen molar-refractivity contribution >= 4 is 18.1 Å². The summed E-state index contributed by atoms with van der Waals surface area (Å²) in [6.45, 7) is 11.5. The van der Waals surface area contributed by atoms with E-state index in [0.29, 0.717) is 17.1 Å². The average Bonchev–Trinajstić information content (AvgIpc) is 2.70. The molecule has 3 heterocycles. The van der Waals surface area contributed by atoms with Gasteiger partial charge in [-0.2, -0.15) is 0 Å². The molecule has 0 bridgehead atoms. The van der Waals surface area contributed by atoms with E-state index in [4.69, 9.17) is 5.41 Å². The molecule has 0 saturated carbocycles. The molecule has 28 heavy (non-hydrogen) atoms. The largest absolute Gasteiger partial charge is 0.299 e. The summed E-state index contributed by atoms with van der Waals surface area (Å²) in [5.41, 5.74) is 6.59. The van der Waals surface area contributed by atoms with Gasteiger partial charge in [0.1, 0.15) is 0 Å². The van der Waals surface area contributed by atoms with E-state index in [1.165, 1.54) is 5.56 Å². The topological polar surface area (TPSA) is 74.9 Å². The quantitative estimate of drug-likeness (QED) is 0.663. The zero-order valence-corrected chi connectivity index (χ0v) is 16.8. The Kier molecular flexibility index (Phi) is 7.45. The van der Waals surface area contributed by atoms with Crippen LogP contribution in [0.15, 0.2) is 66.1 Å². The van der Waals surface area contributed by atoms with E-state index >= 15 is 0 Å². The predicted molar refractivity (Wildman–Crippen MR) is 116 cm³/mol. The van der Waals surface area contributed by atoms with Gasteiger partial charge in [0.05, 0.1) is 22.8 Å². The molecule has 0 aliphatic carbocycles. The molecule has 3 rings (SSSR count). The van der Waals surface area contributed by atoms with Gasteiger partial charge in [0.25, 0.3) is 0 Å². The number of aromatic nitrogens is 3. The van der Waals surface area contributed by atoms with E-state index in [9.17, 15) is 0 Å². The number of allylic oxidation sites excluding steroid dienone is 1. The van der Waals surface area contributed by atoms with Crippen molar-refractivity contribution in [3.05, 3.63) is 94.8 Å². The molecule has 142 valence electrons. The van der Waals surface area contributed by atoms with E-state index in [1.807, 2.05) is 64.2 Å². The highest BCUT2D eigenvalue weighted by atomic mass is 14.8. The maximum absolute atomic E-state index is 8.07. The lowest BCUT2D eigenvalue weighted by atomic mass is 10.1. The van der Waals surface area contributed by atoms with Crippen LogP contribution in [-0.2, 0) is 0 Å². The van der Waals surface area contributed by atoms with E-state index in [1.54, 1.807) is 18.5 Å². The fraction of sp³-hybridized carbons (Fsp3) is 0.174. The van der Waals surface area contributed by atoms with Gasteiger partial charge in [-0.3, -0.25) is 25.4 Å². The second-order valence-corrected chi connectivity index (χ2v) is 6.52. The van der Waals surface area contributed by atoms with Gasteiger partial charge in [-0.05, 0) is 75.4 Å². The zero-order valence-electron chi connectivity index (χ0n) is 16.8. The van der Waals surface area contributed by atoms with Crippen molar-refractivity contribution in [1.29, 1.82) is 5.41 Å². The van der Waals surface area contributed by atoms with Crippen LogP contribution in [0.5, 0.6) is 0 Å². The van der Waals surface area contributed by atoms with Crippen LogP contribution >= 0.6 is 0 Å². The van der Waals surface area contributed by atoms with Crippen LogP contribution in [0.2, 0.25) is 0 Å². The van der Waals surface area contributed by atoms with Gasteiger partial charge in [-0.15, -0.1) is 0 Å². The summed E-state index contributed by atoms with van der Waals surface area (Å²) in [4.78, 5) is 16.5. The summed E-state index contributed by atoms with van der Waals surface area (Å²) >= 11 is 0. The Morgan fingerprint density at radius 1 is 0.786 bits per heavy atom. The molecular weight excluding hydrogens is 346 g/mol. The van der Waals surface area contributed by atoms with Crippen LogP contribution in [0, 0.1) is 33.1 Å². The van der Waals surface area contributed by atoms with Crippen molar-refractivity contribution in [2.75, 3.05) is 0 Å². The lowest BCUT2D eigenvalue weighted by Crippen LogP contribution is -2.00. The fourth-order valence-corrected chi connectivity index (χ4v) is 2.20. The summed E-state index contributed by atoms with van der Waals surface area (Å²) in [5.74, 6) is 0. The number of pyridine rings is 3. The third kappa shape index (κ3) is 6.36. The standard InChI is InChI=1S/C16H16N4.C7H9N/c1-11-4-6-14(19-9-11)13(17)8-16(18-3)15-7-5-12(2)10-20-15;1-6-3-4-7(2)8-5-6/h4-10,17H,3H2,1-2H3;3-5H,1-2H3/b16-8-,17-13?;. The highest BCUT2D eigenvalue weighted by molar-refractivity contribution is 6.09. The van der Waals surface area contributed by atoms with Gasteiger partial charge in [-0.25, -0.2) is 0 Å². The van der Waals surface area contributed by atoms with Crippen LogP contribution < -0.4 is 0 Å². The molecule has 1 N–H and O–H groups in total. The molecule has 0 amide bonds. The summed E-state index contributed by atoms with van der Waals surface area (Å²) < 4.78 is 0. The normalized spacial score (nSPS) is 10.6. The molecule has 5 heteroatoms. The number of aliphatic imine (C=N–C) groups is 1. The molecule has 0 aromatic carbocycles. The fourth-order valence-electron chi connectivity index (χ4n) is 2.20. The number of hydrogen-bond acceptors (Lipinski definition) is 5. The number of rotatable bonds is 4. The molecule has 0 saturated heterocycles. The first-order chi connectivity index (χ1) is 13.4. The number of hydrogen-bond donors (Lipinski definition) is 1. The Hall–Kier alpha value is -3.47. The molecule has 0 fully saturated rings. The Balaban J connectivity index is 0.000000292. The molecule has 0 unspecified atom stereocenters. The minimum atomic E-state index is 0.287. The van der Waals surface area contributed by atoms with E-state index < -0.39 is 0 Å². The lowest BCUT2D eigenvalue weighted by Gasteiger charge is -2.03. The van der Waals surface area contributed by atoms with Crippen LogP contribution in [0.4, 0.5) is 0 Å². The average molecular weight is 371 g/mol. The number of aryl methyl sites for hydroxylation is 4. The minimum absolute atomic E-state index is 0.287. The first-order valence-corrected chi connectivity index (χ1v) is 8.91. The van der Waals surface area contributed by atoms with Gasteiger partial charge in [-0.1, -0.05) is 18.2 Å². The molecule has 0 aliphatic heterocycles. The summed E-state index contributed by atoms with van der Waals surface area (Å²) in [6.07, 6.45) is 7.00. The number of nitrogens with zero attached hydrogens (tertiary/aromatic N) is 4. The van der Waals surface area contributed by atoms with Gasteiger partial charge in [0.15, 0.2) is 0 Å². The third-order valence-corrected chi connectivity index (χ3v) is 3.87. The van der Waals surface area contributed by atoms with E-state index in [2.05, 4.69) is 32.7 Å². The molecule has 0 atom stereocenters. The highest BCUT2D eigenvalue weighted by Gasteiger charge is 2.05. The molecule has 5 nitrogen and oxygen atoms in total. The predicted octanol–water partition coefficient (Wildman–Crippen LogP) is 4.90. The van der Waals surface area contributed by atoms with Gasteiger partial charge in [0.2, 0.25) is 0 Å². The maximum Gasteiger partial charge on any atom is 0.0900 e. The molecular formula is C23H25N5. The molecule has 3 aromatic heterocycles. The number of nitrogens with one attached hydrogen (secondary N) is 1. The van der Waals surface area contributed by atoms with Crippen molar-refractivity contribution in [2.45, 2.75) is 27.7 Å². The third-order valence-electron chi connectivity index (χ3n) is 3.87. The van der Waals surface area contributed by atoms with Crippen LogP contribution in [0.3, 0.4) is 0 Å². The van der Waals surface area contributed by atoms with Crippen molar-refractivity contribution in [3.8, 4) is 0 Å². The Morgan fingerprint density at radius 2 is 1.29 bits per heavy atom. The first-order valence-electron chi connectivity index (χ1n) is 8.91. The summed E-state index contributed by atoms with van der Waals surface area (Å²) in [7, 11) is 0. The van der Waals surface area contributed by atoms with Gasteiger partial charge < -0.3 is 0 Å². The van der Waals surface area contributed by atoms with Crippen LogP contribution in [0.25, 0.3) is 5.70 Å². The monoisotopic (exact) mass is 371 g/mol. The molecule has 3 aromatic rings. The van der Waals surface area contributed by atoms with Crippen molar-refractivity contribution < 1.29 is 0 Å². The Labute approximate surface area is 166 Å². The first kappa shape index (κ1) is 20.8. The second-order valence-electron chi connectivity index (χ2n) is 6.52. The van der Waals surface area contributed by atoms with E-state index in [0.717, 1.165) is 16.8 Å². The van der Waals surface area contributed by atoms with Crippen molar-refractivity contribution in [2.24, 2.45) is 4.99 Å². The smallest absolute Gasteiger partial charge is 0.0900 e. The van der Waals surface area contributed by atoms with E-state index in [-0.39, 0.29) is 5.71 Å².